The van der Waals surface area contributed by atoms with Crippen molar-refractivity contribution < 1.29 is 28.8 Å². The molecule has 0 bridgehead atoms. The van der Waals surface area contributed by atoms with Gasteiger partial charge in [0.05, 0.1) is 43.3 Å². The number of nitrogens with one attached hydrogen (secondary N) is 2. The van der Waals surface area contributed by atoms with Gasteiger partial charge in [0.1, 0.15) is 6.04 Å². The molecule has 1 unspecified atom stereocenters. The van der Waals surface area contributed by atoms with Crippen molar-refractivity contribution in [2.24, 2.45) is 7.05 Å². The van der Waals surface area contributed by atoms with Gasteiger partial charge in [-0.3, -0.25) is 4.79 Å². The van der Waals surface area contributed by atoms with Gasteiger partial charge in [0, 0.05) is 26.1 Å². The number of aryl methyl sites for hydroxylation is 1. The Morgan fingerprint density at radius 2 is 1.93 bits per heavy atom. The second-order valence-electron chi connectivity index (χ2n) is 7.12. The van der Waals surface area contributed by atoms with Crippen molar-refractivity contribution in [2.45, 2.75) is 18.9 Å². The summed E-state index contributed by atoms with van der Waals surface area (Å²) in [5, 5.41) is 2.78. The minimum absolute atomic E-state index is 0.184. The summed E-state index contributed by atoms with van der Waals surface area (Å²) in [6.45, 7) is 1.16. The predicted octanol–water partition coefficient (Wildman–Crippen LogP) is 0.957. The van der Waals surface area contributed by atoms with Gasteiger partial charge in [0.15, 0.2) is 6.54 Å². The van der Waals surface area contributed by atoms with E-state index in [1.54, 1.807) is 0 Å². The normalized spacial score (nSPS) is 18.3. The average molecular weight is 400 g/mol. The quantitative estimate of drug-likeness (QED) is 0.705. The standard InChI is InChI=1S/C21H25N3O5/c1-23-10-4-6-17(23)18-7-5-11-24(18)13-19(25)22-16-12-14(20(26)28-2)8-9-15(16)21(27)29-3/h4,6,8-10,12,18H,5,7,11,13H2,1-3H3,(H,22,25)/p+1/t18-/m0/s1. The second-order valence-corrected chi connectivity index (χ2v) is 7.12. The van der Waals surface area contributed by atoms with Crippen molar-refractivity contribution in [1.82, 2.24) is 4.57 Å². The van der Waals surface area contributed by atoms with E-state index in [4.69, 9.17) is 9.47 Å². The molecule has 0 aliphatic carbocycles. The second kappa shape index (κ2) is 8.91. The molecule has 0 saturated carbocycles. The zero-order valence-corrected chi connectivity index (χ0v) is 16.9. The van der Waals surface area contributed by atoms with Crippen LogP contribution in [0, 0.1) is 0 Å². The fraction of sp³-hybridized carbons (Fsp3) is 0.381. The van der Waals surface area contributed by atoms with Gasteiger partial charge in [-0.2, -0.15) is 0 Å². The molecule has 8 nitrogen and oxygen atoms in total. The molecule has 1 aliphatic rings. The first-order valence-corrected chi connectivity index (χ1v) is 9.51. The van der Waals surface area contributed by atoms with E-state index < -0.39 is 11.9 Å². The topological polar surface area (TPSA) is 91.1 Å². The Bertz CT molecular complexity index is 921. The molecule has 8 heteroatoms. The molecule has 3 rings (SSSR count). The largest absolute Gasteiger partial charge is 0.465 e. The molecule has 1 saturated heterocycles. The van der Waals surface area contributed by atoms with Crippen molar-refractivity contribution in [3.05, 3.63) is 53.3 Å². The Balaban J connectivity index is 1.78. The van der Waals surface area contributed by atoms with Gasteiger partial charge in [-0.25, -0.2) is 9.59 Å². The number of benzene rings is 1. The molecular weight excluding hydrogens is 374 g/mol. The van der Waals surface area contributed by atoms with Crippen molar-refractivity contribution in [3.8, 4) is 0 Å². The maximum Gasteiger partial charge on any atom is 0.339 e. The first-order valence-electron chi connectivity index (χ1n) is 9.51. The third-order valence-electron chi connectivity index (χ3n) is 5.33. The summed E-state index contributed by atoms with van der Waals surface area (Å²) >= 11 is 0. The zero-order chi connectivity index (χ0) is 21.0. The van der Waals surface area contributed by atoms with Crippen LogP contribution in [0.4, 0.5) is 5.69 Å². The Labute approximate surface area is 169 Å². The van der Waals surface area contributed by atoms with E-state index in [1.807, 2.05) is 19.3 Å². The van der Waals surface area contributed by atoms with Crippen LogP contribution >= 0.6 is 0 Å². The van der Waals surface area contributed by atoms with Crippen LogP contribution in [-0.2, 0) is 21.3 Å². The van der Waals surface area contributed by atoms with Gasteiger partial charge in [-0.05, 0) is 30.3 Å². The number of quaternary nitrogens is 1. The van der Waals surface area contributed by atoms with Gasteiger partial charge in [-0.15, -0.1) is 0 Å². The van der Waals surface area contributed by atoms with Crippen LogP contribution in [-0.4, -0.2) is 49.7 Å². The molecule has 1 aliphatic heterocycles. The van der Waals surface area contributed by atoms with E-state index in [2.05, 4.69) is 16.0 Å². The maximum atomic E-state index is 12.8. The van der Waals surface area contributed by atoms with Gasteiger partial charge < -0.3 is 24.3 Å². The Hall–Kier alpha value is -3.13. The SMILES string of the molecule is COC(=O)c1ccc(C(=O)OC)c(NC(=O)C[NH+]2CCC[C@H]2c2cccn2C)c1. The molecule has 0 radical (unpaired) electrons. The van der Waals surface area contributed by atoms with Crippen LogP contribution in [0.5, 0.6) is 0 Å². The molecule has 2 N–H and O–H groups in total. The Morgan fingerprint density at radius 3 is 2.59 bits per heavy atom. The maximum absolute atomic E-state index is 12.8. The number of nitrogens with zero attached hydrogens (tertiary/aromatic N) is 1. The molecule has 1 fully saturated rings. The van der Waals surface area contributed by atoms with Crippen molar-refractivity contribution >= 4 is 23.5 Å². The summed E-state index contributed by atoms with van der Waals surface area (Å²) in [5.41, 5.74) is 1.86. The number of methoxy groups -OCH3 is 2. The number of aromatic nitrogens is 1. The van der Waals surface area contributed by atoms with Crippen LogP contribution in [0.1, 0.15) is 45.3 Å². The van der Waals surface area contributed by atoms with Crippen LogP contribution in [0.3, 0.4) is 0 Å². The molecule has 2 aromatic rings. The van der Waals surface area contributed by atoms with Gasteiger partial charge in [0.2, 0.25) is 0 Å². The van der Waals surface area contributed by atoms with E-state index in [-0.39, 0.29) is 35.3 Å². The summed E-state index contributed by atoms with van der Waals surface area (Å²) in [5.74, 6) is -1.37. The van der Waals surface area contributed by atoms with Crippen LogP contribution in [0.15, 0.2) is 36.5 Å². The first-order chi connectivity index (χ1) is 13.9. The number of amides is 1. The van der Waals surface area contributed by atoms with E-state index in [0.29, 0.717) is 0 Å². The third-order valence-corrected chi connectivity index (χ3v) is 5.33. The van der Waals surface area contributed by atoms with Crippen LogP contribution < -0.4 is 10.2 Å². The number of carbonyl (C=O) groups is 3. The highest BCUT2D eigenvalue weighted by atomic mass is 16.5. The fourth-order valence-electron chi connectivity index (χ4n) is 3.90. The van der Waals surface area contributed by atoms with Crippen LogP contribution in [0.2, 0.25) is 0 Å². The average Bonchev–Trinajstić information content (AvgIpc) is 3.34. The number of rotatable bonds is 6. The lowest BCUT2D eigenvalue weighted by atomic mass is 10.1. The molecule has 29 heavy (non-hydrogen) atoms. The zero-order valence-electron chi connectivity index (χ0n) is 16.9. The summed E-state index contributed by atoms with van der Waals surface area (Å²) < 4.78 is 11.6. The number of ether oxygens (including phenoxy) is 2. The molecule has 0 spiro atoms. The minimum Gasteiger partial charge on any atom is -0.465 e. The smallest absolute Gasteiger partial charge is 0.339 e. The summed E-state index contributed by atoms with van der Waals surface area (Å²) in [6.07, 6.45) is 4.07. The number of carbonyl (C=O) groups excluding carboxylic acids is 3. The lowest BCUT2D eigenvalue weighted by Gasteiger charge is -2.22. The lowest BCUT2D eigenvalue weighted by molar-refractivity contribution is -0.910. The fourth-order valence-corrected chi connectivity index (χ4v) is 3.90. The molecule has 154 valence electrons. The number of likely N-dealkylation sites (tertiary alicyclic amines) is 1. The summed E-state index contributed by atoms with van der Waals surface area (Å²) in [6, 6.07) is 8.69. The third kappa shape index (κ3) is 4.48. The number of anilines is 1. The summed E-state index contributed by atoms with van der Waals surface area (Å²) in [7, 11) is 4.54. The molecule has 1 amide bonds. The lowest BCUT2D eigenvalue weighted by Crippen LogP contribution is -3.11. The highest BCUT2D eigenvalue weighted by Crippen LogP contribution is 2.21. The van der Waals surface area contributed by atoms with Crippen molar-refractivity contribution in [3.63, 3.8) is 0 Å². The van der Waals surface area contributed by atoms with Crippen molar-refractivity contribution in [1.29, 1.82) is 0 Å². The van der Waals surface area contributed by atoms with E-state index in [1.165, 1.54) is 43.0 Å². The predicted molar refractivity (Wildman–Crippen MR) is 106 cm³/mol. The van der Waals surface area contributed by atoms with Gasteiger partial charge in [-0.1, -0.05) is 0 Å². The Kier molecular flexibility index (Phi) is 6.33. The molecule has 2 atom stereocenters. The summed E-state index contributed by atoms with van der Waals surface area (Å²) in [4.78, 5) is 37.8. The number of hydrogen-bond acceptors (Lipinski definition) is 5. The highest BCUT2D eigenvalue weighted by Gasteiger charge is 2.33. The van der Waals surface area contributed by atoms with Gasteiger partial charge >= 0.3 is 11.9 Å². The first kappa shape index (κ1) is 20.6. The molecule has 1 aromatic heterocycles. The molecular formula is C21H26N3O5+. The minimum atomic E-state index is -0.591. The monoisotopic (exact) mass is 400 g/mol. The Morgan fingerprint density at radius 1 is 1.17 bits per heavy atom. The number of hydrogen-bond donors (Lipinski definition) is 2. The van der Waals surface area contributed by atoms with Gasteiger partial charge in [0.25, 0.3) is 5.91 Å². The highest BCUT2D eigenvalue weighted by molar-refractivity contribution is 6.03. The van der Waals surface area contributed by atoms with E-state index >= 15 is 0 Å². The number of esters is 2. The molecule has 1 aromatic carbocycles. The molecule has 2 heterocycles. The van der Waals surface area contributed by atoms with E-state index in [9.17, 15) is 14.4 Å². The van der Waals surface area contributed by atoms with Crippen LogP contribution in [0.25, 0.3) is 0 Å². The van der Waals surface area contributed by atoms with E-state index in [0.717, 1.165) is 19.4 Å². The van der Waals surface area contributed by atoms with Crippen molar-refractivity contribution in [2.75, 3.05) is 32.6 Å².